The van der Waals surface area contributed by atoms with Crippen molar-refractivity contribution in [1.29, 1.82) is 0 Å². The van der Waals surface area contributed by atoms with Crippen LogP contribution >= 0.6 is 0 Å². The van der Waals surface area contributed by atoms with Gasteiger partial charge in [0, 0.05) is 26.3 Å². The molecule has 1 atom stereocenters. The number of carbonyl (C=O) groups is 1. The standard InChI is InChI=1S/C15H18F3NO3/c1-21-9-10-3-2-6-19(8-10)14(20)12-5-4-11(16)7-13(12)22-15(17)18/h4-5,7,10,15H,2-3,6,8-9H2,1H3. The van der Waals surface area contributed by atoms with Crippen molar-refractivity contribution in [2.75, 3.05) is 26.8 Å². The van der Waals surface area contributed by atoms with Gasteiger partial charge in [-0.25, -0.2) is 4.39 Å². The van der Waals surface area contributed by atoms with Crippen molar-refractivity contribution in [2.24, 2.45) is 5.92 Å². The predicted octanol–water partition coefficient (Wildman–Crippen LogP) is 2.93. The monoisotopic (exact) mass is 317 g/mol. The van der Waals surface area contributed by atoms with E-state index in [-0.39, 0.29) is 11.5 Å². The smallest absolute Gasteiger partial charge is 0.387 e. The minimum Gasteiger partial charge on any atom is -0.434 e. The summed E-state index contributed by atoms with van der Waals surface area (Å²) in [5, 5.41) is 0. The Morgan fingerprint density at radius 3 is 2.91 bits per heavy atom. The molecule has 0 radical (unpaired) electrons. The number of ether oxygens (including phenoxy) is 2. The summed E-state index contributed by atoms with van der Waals surface area (Å²) >= 11 is 0. The molecule has 0 aliphatic carbocycles. The van der Waals surface area contributed by atoms with Gasteiger partial charge in [-0.15, -0.1) is 0 Å². The van der Waals surface area contributed by atoms with Gasteiger partial charge in [0.15, 0.2) is 0 Å². The molecule has 122 valence electrons. The van der Waals surface area contributed by atoms with E-state index < -0.39 is 24.1 Å². The Bertz CT molecular complexity index is 523. The first kappa shape index (κ1) is 16.6. The molecule has 7 heteroatoms. The normalized spacial score (nSPS) is 18.6. The van der Waals surface area contributed by atoms with Crippen LogP contribution in [0.25, 0.3) is 0 Å². The van der Waals surface area contributed by atoms with Crippen LogP contribution in [0.5, 0.6) is 5.75 Å². The summed E-state index contributed by atoms with van der Waals surface area (Å²) in [4.78, 5) is 14.1. The van der Waals surface area contributed by atoms with Gasteiger partial charge in [-0.05, 0) is 30.9 Å². The van der Waals surface area contributed by atoms with E-state index >= 15 is 0 Å². The highest BCUT2D eigenvalue weighted by Gasteiger charge is 2.27. The number of hydrogen-bond donors (Lipinski definition) is 0. The summed E-state index contributed by atoms with van der Waals surface area (Å²) in [7, 11) is 1.59. The molecule has 1 amide bonds. The molecule has 0 spiro atoms. The first-order valence-corrected chi connectivity index (χ1v) is 7.04. The summed E-state index contributed by atoms with van der Waals surface area (Å²) in [6.45, 7) is -1.56. The van der Waals surface area contributed by atoms with E-state index in [0.29, 0.717) is 19.7 Å². The van der Waals surface area contributed by atoms with Crippen molar-refractivity contribution in [3.05, 3.63) is 29.6 Å². The Balaban J connectivity index is 2.17. The van der Waals surface area contributed by atoms with E-state index in [4.69, 9.17) is 4.74 Å². The number of halogens is 3. The maximum atomic E-state index is 13.2. The Morgan fingerprint density at radius 2 is 2.23 bits per heavy atom. The second-order valence-electron chi connectivity index (χ2n) is 5.23. The number of methoxy groups -OCH3 is 1. The van der Waals surface area contributed by atoms with Gasteiger partial charge in [-0.2, -0.15) is 8.78 Å². The third-order valence-corrected chi connectivity index (χ3v) is 3.60. The van der Waals surface area contributed by atoms with Gasteiger partial charge >= 0.3 is 6.61 Å². The molecule has 0 N–H and O–H groups in total. The third kappa shape index (κ3) is 4.13. The molecule has 1 aromatic carbocycles. The first-order chi connectivity index (χ1) is 10.5. The number of hydrogen-bond acceptors (Lipinski definition) is 3. The van der Waals surface area contributed by atoms with Gasteiger partial charge in [0.25, 0.3) is 5.91 Å². The maximum absolute atomic E-state index is 13.2. The van der Waals surface area contributed by atoms with Crippen LogP contribution in [0.1, 0.15) is 23.2 Å². The maximum Gasteiger partial charge on any atom is 0.387 e. The Hall–Kier alpha value is -1.76. The molecule has 22 heavy (non-hydrogen) atoms. The highest BCUT2D eigenvalue weighted by atomic mass is 19.3. The Kier molecular flexibility index (Phi) is 5.65. The third-order valence-electron chi connectivity index (χ3n) is 3.60. The predicted molar refractivity (Wildman–Crippen MR) is 73.5 cm³/mol. The van der Waals surface area contributed by atoms with Crippen LogP contribution in [-0.4, -0.2) is 44.2 Å². The number of carbonyl (C=O) groups excluding carboxylic acids is 1. The highest BCUT2D eigenvalue weighted by molar-refractivity contribution is 5.97. The van der Waals surface area contributed by atoms with E-state index in [9.17, 15) is 18.0 Å². The van der Waals surface area contributed by atoms with Gasteiger partial charge in [0.2, 0.25) is 0 Å². The van der Waals surface area contributed by atoms with Crippen molar-refractivity contribution in [2.45, 2.75) is 19.5 Å². The molecular formula is C15H18F3NO3. The molecule has 1 aliphatic rings. The van der Waals surface area contributed by atoms with Crippen molar-refractivity contribution in [1.82, 2.24) is 4.90 Å². The van der Waals surface area contributed by atoms with Crippen LogP contribution in [0.2, 0.25) is 0 Å². The molecule has 2 rings (SSSR count). The van der Waals surface area contributed by atoms with Gasteiger partial charge < -0.3 is 14.4 Å². The molecule has 1 fully saturated rings. The number of likely N-dealkylation sites (tertiary alicyclic amines) is 1. The molecule has 1 aromatic rings. The molecule has 4 nitrogen and oxygen atoms in total. The molecule has 1 aliphatic heterocycles. The van der Waals surface area contributed by atoms with Gasteiger partial charge in [0.1, 0.15) is 11.6 Å². The van der Waals surface area contributed by atoms with Gasteiger partial charge in [0.05, 0.1) is 12.2 Å². The number of alkyl halides is 2. The zero-order valence-corrected chi connectivity index (χ0v) is 12.2. The molecular weight excluding hydrogens is 299 g/mol. The Labute approximate surface area is 126 Å². The number of benzene rings is 1. The fraction of sp³-hybridized carbons (Fsp3) is 0.533. The fourth-order valence-corrected chi connectivity index (χ4v) is 2.66. The first-order valence-electron chi connectivity index (χ1n) is 7.04. The number of rotatable bonds is 5. The quantitative estimate of drug-likeness (QED) is 0.838. The topological polar surface area (TPSA) is 38.8 Å². The van der Waals surface area contributed by atoms with Crippen LogP contribution in [0.3, 0.4) is 0 Å². The lowest BCUT2D eigenvalue weighted by Crippen LogP contribution is -2.41. The van der Waals surface area contributed by atoms with E-state index in [2.05, 4.69) is 4.74 Å². The van der Waals surface area contributed by atoms with E-state index in [1.807, 2.05) is 0 Å². The van der Waals surface area contributed by atoms with Crippen LogP contribution in [0.15, 0.2) is 18.2 Å². The molecule has 0 aromatic heterocycles. The van der Waals surface area contributed by atoms with Crippen LogP contribution in [0.4, 0.5) is 13.2 Å². The lowest BCUT2D eigenvalue weighted by molar-refractivity contribution is -0.0504. The molecule has 1 saturated heterocycles. The average Bonchev–Trinajstić information content (AvgIpc) is 2.47. The van der Waals surface area contributed by atoms with Crippen LogP contribution < -0.4 is 4.74 Å². The highest BCUT2D eigenvalue weighted by Crippen LogP contribution is 2.26. The molecule has 1 heterocycles. The lowest BCUT2D eigenvalue weighted by Gasteiger charge is -2.32. The van der Waals surface area contributed by atoms with E-state index in [1.54, 1.807) is 12.0 Å². The second kappa shape index (κ2) is 7.49. The number of piperidine rings is 1. The summed E-state index contributed by atoms with van der Waals surface area (Å²) in [5.74, 6) is -1.39. The zero-order valence-electron chi connectivity index (χ0n) is 12.2. The second-order valence-corrected chi connectivity index (χ2v) is 5.23. The minimum absolute atomic E-state index is 0.0558. The van der Waals surface area contributed by atoms with Crippen molar-refractivity contribution >= 4 is 5.91 Å². The van der Waals surface area contributed by atoms with Gasteiger partial charge in [-0.3, -0.25) is 4.79 Å². The SMILES string of the molecule is COCC1CCCN(C(=O)c2ccc(F)cc2OC(F)F)C1. The lowest BCUT2D eigenvalue weighted by atomic mass is 9.98. The number of amides is 1. The van der Waals surface area contributed by atoms with Crippen molar-refractivity contribution in [3.8, 4) is 5.75 Å². The van der Waals surface area contributed by atoms with Crippen LogP contribution in [0, 0.1) is 11.7 Å². The molecule has 0 bridgehead atoms. The van der Waals surface area contributed by atoms with Crippen molar-refractivity contribution in [3.63, 3.8) is 0 Å². The summed E-state index contributed by atoms with van der Waals surface area (Å²) in [6, 6.07) is 3.04. The van der Waals surface area contributed by atoms with Gasteiger partial charge in [-0.1, -0.05) is 0 Å². The fourth-order valence-electron chi connectivity index (χ4n) is 2.66. The molecule has 1 unspecified atom stereocenters. The summed E-state index contributed by atoms with van der Waals surface area (Å²) in [6.07, 6.45) is 1.76. The summed E-state index contributed by atoms with van der Waals surface area (Å²) < 4.78 is 47.4. The zero-order chi connectivity index (χ0) is 16.1. The Morgan fingerprint density at radius 1 is 1.45 bits per heavy atom. The number of nitrogens with zero attached hydrogens (tertiary/aromatic N) is 1. The largest absolute Gasteiger partial charge is 0.434 e. The van der Waals surface area contributed by atoms with E-state index in [0.717, 1.165) is 25.0 Å². The minimum atomic E-state index is -3.11. The summed E-state index contributed by atoms with van der Waals surface area (Å²) in [5.41, 5.74) is -0.0558. The van der Waals surface area contributed by atoms with Crippen molar-refractivity contribution < 1.29 is 27.4 Å². The van der Waals surface area contributed by atoms with E-state index in [1.165, 1.54) is 6.07 Å². The van der Waals surface area contributed by atoms with Crippen LogP contribution in [-0.2, 0) is 4.74 Å². The molecule has 0 saturated carbocycles. The average molecular weight is 317 g/mol.